The third kappa shape index (κ3) is 1.59. The zero-order valence-electron chi connectivity index (χ0n) is 7.92. The van der Waals surface area contributed by atoms with Crippen molar-refractivity contribution in [2.45, 2.75) is 6.92 Å². The highest BCUT2D eigenvalue weighted by Crippen LogP contribution is 2.09. The third-order valence-corrected chi connectivity index (χ3v) is 1.84. The fraction of sp³-hybridized carbons (Fsp3) is 0.200. The number of ether oxygens (including phenoxy) is 1. The lowest BCUT2D eigenvalue weighted by Gasteiger charge is -1.94. The van der Waals surface area contributed by atoms with Gasteiger partial charge in [-0.1, -0.05) is 17.3 Å². The summed E-state index contributed by atoms with van der Waals surface area (Å²) < 4.78 is 6.77. The molecule has 0 saturated carbocycles. The van der Waals surface area contributed by atoms with Gasteiger partial charge in [-0.2, -0.15) is 0 Å². The smallest absolute Gasteiger partial charge is 0.113 e. The van der Waals surface area contributed by atoms with E-state index in [2.05, 4.69) is 10.3 Å². The summed E-state index contributed by atoms with van der Waals surface area (Å²) in [5.74, 6) is 0. The molecule has 1 aromatic carbocycles. The Morgan fingerprint density at radius 1 is 1.43 bits per heavy atom. The SMILES string of the molecule is CCO/C=C/n1nnc2ccccc21. The topological polar surface area (TPSA) is 39.9 Å². The molecule has 0 aliphatic rings. The molecule has 0 radical (unpaired) electrons. The Bertz CT molecular complexity index is 447. The molecule has 0 atom stereocenters. The first-order valence-corrected chi connectivity index (χ1v) is 4.50. The van der Waals surface area contributed by atoms with E-state index in [1.807, 2.05) is 31.2 Å². The Morgan fingerprint density at radius 2 is 2.29 bits per heavy atom. The number of fused-ring (bicyclic) bond motifs is 1. The number of hydrogen-bond donors (Lipinski definition) is 0. The van der Waals surface area contributed by atoms with Crippen molar-refractivity contribution in [3.63, 3.8) is 0 Å². The van der Waals surface area contributed by atoms with Gasteiger partial charge in [-0.25, -0.2) is 4.68 Å². The summed E-state index contributed by atoms with van der Waals surface area (Å²) in [5, 5.41) is 7.97. The summed E-state index contributed by atoms with van der Waals surface area (Å²) in [6, 6.07) is 7.78. The minimum Gasteiger partial charge on any atom is -0.500 e. The average molecular weight is 189 g/mol. The van der Waals surface area contributed by atoms with Crippen LogP contribution in [0.15, 0.2) is 30.5 Å². The van der Waals surface area contributed by atoms with Gasteiger partial charge in [-0.15, -0.1) is 5.10 Å². The van der Waals surface area contributed by atoms with E-state index in [9.17, 15) is 0 Å². The van der Waals surface area contributed by atoms with Crippen LogP contribution in [0.3, 0.4) is 0 Å². The molecule has 0 saturated heterocycles. The predicted molar refractivity (Wildman–Crippen MR) is 54.5 cm³/mol. The molecule has 0 fully saturated rings. The van der Waals surface area contributed by atoms with Crippen molar-refractivity contribution in [2.75, 3.05) is 6.61 Å². The highest BCUT2D eigenvalue weighted by atomic mass is 16.5. The Kier molecular flexibility index (Phi) is 2.44. The van der Waals surface area contributed by atoms with E-state index in [0.29, 0.717) is 6.61 Å². The molecule has 2 aromatic rings. The van der Waals surface area contributed by atoms with Gasteiger partial charge in [-0.05, 0) is 19.1 Å². The first-order valence-electron chi connectivity index (χ1n) is 4.50. The van der Waals surface area contributed by atoms with Gasteiger partial charge in [0.2, 0.25) is 0 Å². The molecule has 72 valence electrons. The summed E-state index contributed by atoms with van der Waals surface area (Å²) in [7, 11) is 0. The Labute approximate surface area is 81.8 Å². The second-order valence-electron chi connectivity index (χ2n) is 2.76. The fourth-order valence-corrected chi connectivity index (χ4v) is 1.19. The maximum Gasteiger partial charge on any atom is 0.113 e. The molecule has 14 heavy (non-hydrogen) atoms. The van der Waals surface area contributed by atoms with Crippen LogP contribution in [0.4, 0.5) is 0 Å². The van der Waals surface area contributed by atoms with Crippen molar-refractivity contribution >= 4 is 17.2 Å². The van der Waals surface area contributed by atoms with Crippen molar-refractivity contribution in [1.29, 1.82) is 0 Å². The standard InChI is InChI=1S/C10H11N3O/c1-2-14-8-7-13-10-6-4-3-5-9(10)11-12-13/h3-8H,2H2,1H3/b8-7+. The average Bonchev–Trinajstić information content (AvgIpc) is 2.63. The van der Waals surface area contributed by atoms with Gasteiger partial charge in [0.05, 0.1) is 18.3 Å². The molecule has 0 aliphatic heterocycles. The first-order chi connectivity index (χ1) is 6.92. The van der Waals surface area contributed by atoms with E-state index < -0.39 is 0 Å². The van der Waals surface area contributed by atoms with Gasteiger partial charge in [-0.3, -0.25) is 0 Å². The van der Waals surface area contributed by atoms with Crippen molar-refractivity contribution in [3.05, 3.63) is 30.5 Å². The van der Waals surface area contributed by atoms with Gasteiger partial charge in [0, 0.05) is 0 Å². The van der Waals surface area contributed by atoms with Gasteiger partial charge in [0.15, 0.2) is 0 Å². The van der Waals surface area contributed by atoms with E-state index >= 15 is 0 Å². The molecule has 0 amide bonds. The lowest BCUT2D eigenvalue weighted by Crippen LogP contribution is -1.89. The molecular weight excluding hydrogens is 178 g/mol. The summed E-state index contributed by atoms with van der Waals surface area (Å²) in [5.41, 5.74) is 1.86. The van der Waals surface area contributed by atoms with Crippen LogP contribution in [-0.4, -0.2) is 21.6 Å². The molecule has 0 unspecified atom stereocenters. The van der Waals surface area contributed by atoms with Crippen LogP contribution in [0.5, 0.6) is 0 Å². The number of benzene rings is 1. The lowest BCUT2D eigenvalue weighted by molar-refractivity contribution is 0.271. The maximum absolute atomic E-state index is 5.09. The van der Waals surface area contributed by atoms with E-state index in [4.69, 9.17) is 4.74 Å². The zero-order chi connectivity index (χ0) is 9.80. The largest absolute Gasteiger partial charge is 0.500 e. The summed E-state index contributed by atoms with van der Waals surface area (Å²) in [6.45, 7) is 2.59. The van der Waals surface area contributed by atoms with Gasteiger partial charge in [0.25, 0.3) is 0 Å². The van der Waals surface area contributed by atoms with Crippen LogP contribution in [0, 0.1) is 0 Å². The van der Waals surface area contributed by atoms with Crippen molar-refractivity contribution < 1.29 is 4.74 Å². The fourth-order valence-electron chi connectivity index (χ4n) is 1.19. The Hall–Kier alpha value is -1.84. The molecule has 0 aliphatic carbocycles. The highest BCUT2D eigenvalue weighted by molar-refractivity contribution is 5.75. The van der Waals surface area contributed by atoms with Gasteiger partial charge < -0.3 is 4.74 Å². The molecule has 4 nitrogen and oxygen atoms in total. The van der Waals surface area contributed by atoms with Crippen LogP contribution < -0.4 is 0 Å². The number of rotatable bonds is 3. The van der Waals surface area contributed by atoms with E-state index in [-0.39, 0.29) is 0 Å². The third-order valence-electron chi connectivity index (χ3n) is 1.84. The van der Waals surface area contributed by atoms with E-state index in [0.717, 1.165) is 11.0 Å². The number of aromatic nitrogens is 3. The van der Waals surface area contributed by atoms with Crippen molar-refractivity contribution in [3.8, 4) is 0 Å². The van der Waals surface area contributed by atoms with E-state index in [1.54, 1.807) is 17.1 Å². The molecule has 1 aromatic heterocycles. The molecule has 1 heterocycles. The number of nitrogens with zero attached hydrogens (tertiary/aromatic N) is 3. The lowest BCUT2D eigenvalue weighted by atomic mass is 10.3. The zero-order valence-corrected chi connectivity index (χ0v) is 7.92. The quantitative estimate of drug-likeness (QED) is 0.692. The van der Waals surface area contributed by atoms with Crippen molar-refractivity contribution in [2.24, 2.45) is 0 Å². The van der Waals surface area contributed by atoms with Gasteiger partial charge in [0.1, 0.15) is 11.8 Å². The minimum absolute atomic E-state index is 0.656. The summed E-state index contributed by atoms with van der Waals surface area (Å²) in [6.07, 6.45) is 3.36. The van der Waals surface area contributed by atoms with Crippen LogP contribution in [-0.2, 0) is 4.74 Å². The number of hydrogen-bond acceptors (Lipinski definition) is 3. The predicted octanol–water partition coefficient (Wildman–Crippen LogP) is 1.90. The monoisotopic (exact) mass is 189 g/mol. The summed E-state index contributed by atoms with van der Waals surface area (Å²) >= 11 is 0. The summed E-state index contributed by atoms with van der Waals surface area (Å²) in [4.78, 5) is 0. The normalized spacial score (nSPS) is 11.2. The molecule has 0 bridgehead atoms. The Balaban J connectivity index is 2.34. The second-order valence-corrected chi connectivity index (χ2v) is 2.76. The maximum atomic E-state index is 5.09. The van der Waals surface area contributed by atoms with Crippen LogP contribution in [0.25, 0.3) is 17.2 Å². The van der Waals surface area contributed by atoms with Gasteiger partial charge >= 0.3 is 0 Å². The molecule has 2 rings (SSSR count). The minimum atomic E-state index is 0.656. The molecular formula is C10H11N3O. The first kappa shape index (κ1) is 8.74. The van der Waals surface area contributed by atoms with Crippen LogP contribution in [0.1, 0.15) is 6.92 Å². The van der Waals surface area contributed by atoms with Crippen LogP contribution in [0.2, 0.25) is 0 Å². The Morgan fingerprint density at radius 3 is 3.14 bits per heavy atom. The molecule has 0 N–H and O–H groups in total. The van der Waals surface area contributed by atoms with Crippen molar-refractivity contribution in [1.82, 2.24) is 15.0 Å². The van der Waals surface area contributed by atoms with Crippen LogP contribution >= 0.6 is 0 Å². The molecule has 0 spiro atoms. The number of para-hydroxylation sites is 1. The highest BCUT2D eigenvalue weighted by Gasteiger charge is 1.98. The second kappa shape index (κ2) is 3.91. The molecule has 4 heteroatoms. The van der Waals surface area contributed by atoms with E-state index in [1.165, 1.54) is 0 Å².